The van der Waals surface area contributed by atoms with Crippen molar-refractivity contribution >= 4 is 46.1 Å². The number of pyridine rings is 1. The van der Waals surface area contributed by atoms with Crippen LogP contribution >= 0.6 is 0 Å². The van der Waals surface area contributed by atoms with Gasteiger partial charge in [-0.15, -0.1) is 6.58 Å². The average molecular weight is 868 g/mol. The SMILES string of the molecule is C=CCn1c(=O)c2cnc(Nc3ccc4c(c3)CN(C3CCN(C5CN(c6cc7c(cc6F)C(=O)N(C6CCC(=O)NC6=O)C7)C5)CC3)C4)nc2n1-c1ccc2c(n1)[C@@](O)(CC)CC2. The van der Waals surface area contributed by atoms with Crippen LogP contribution < -0.4 is 21.1 Å². The van der Waals surface area contributed by atoms with Gasteiger partial charge in [0.15, 0.2) is 11.5 Å². The van der Waals surface area contributed by atoms with E-state index in [0.717, 1.165) is 56.7 Å². The highest BCUT2D eigenvalue weighted by molar-refractivity contribution is 6.05. The lowest BCUT2D eigenvalue weighted by Crippen LogP contribution is -2.62. The minimum absolute atomic E-state index is 0.173. The molecule has 8 heterocycles. The molecular formula is C47H50FN11O5. The second-order valence-electron chi connectivity index (χ2n) is 18.2. The molecule has 0 bridgehead atoms. The molecule has 1 unspecified atom stereocenters. The summed E-state index contributed by atoms with van der Waals surface area (Å²) in [4.78, 5) is 73.8. The van der Waals surface area contributed by atoms with Gasteiger partial charge in [0.1, 0.15) is 22.8 Å². The van der Waals surface area contributed by atoms with E-state index in [9.17, 15) is 24.3 Å². The molecule has 1 aliphatic carbocycles. The number of likely N-dealkylation sites (tertiary alicyclic amines) is 1. The first-order valence-corrected chi connectivity index (χ1v) is 22.4. The Morgan fingerprint density at radius 2 is 1.72 bits per heavy atom. The van der Waals surface area contributed by atoms with Crippen LogP contribution in [0.3, 0.4) is 0 Å². The van der Waals surface area contributed by atoms with E-state index in [1.54, 1.807) is 27.7 Å². The van der Waals surface area contributed by atoms with Gasteiger partial charge in [-0.3, -0.25) is 34.3 Å². The maximum atomic E-state index is 15.5. The number of allylic oxidation sites excluding steroid dienone is 1. The number of carbonyl (C=O) groups excluding carboxylic acids is 3. The van der Waals surface area contributed by atoms with Crippen LogP contribution in [0.2, 0.25) is 0 Å². The smallest absolute Gasteiger partial charge is 0.278 e. The minimum Gasteiger partial charge on any atom is -0.384 e. The molecule has 3 fully saturated rings. The zero-order valence-corrected chi connectivity index (χ0v) is 35.7. The lowest BCUT2D eigenvalue weighted by atomic mass is 9.97. The van der Waals surface area contributed by atoms with Crippen molar-refractivity contribution in [3.05, 3.63) is 111 Å². The monoisotopic (exact) mass is 867 g/mol. The summed E-state index contributed by atoms with van der Waals surface area (Å²) in [6, 6.07) is 13.3. The van der Waals surface area contributed by atoms with Crippen molar-refractivity contribution in [2.75, 3.05) is 36.4 Å². The van der Waals surface area contributed by atoms with Crippen molar-refractivity contribution in [3.63, 3.8) is 0 Å². The van der Waals surface area contributed by atoms with Gasteiger partial charge in [-0.2, -0.15) is 4.98 Å². The van der Waals surface area contributed by atoms with E-state index in [4.69, 9.17) is 9.97 Å². The predicted octanol–water partition coefficient (Wildman–Crippen LogP) is 4.02. The summed E-state index contributed by atoms with van der Waals surface area (Å²) in [6.45, 7) is 11.3. The first-order chi connectivity index (χ1) is 31.0. The number of halogens is 1. The second-order valence-corrected chi connectivity index (χ2v) is 18.2. The van der Waals surface area contributed by atoms with Crippen LogP contribution in [0.15, 0.2) is 66.1 Å². The predicted molar refractivity (Wildman–Crippen MR) is 236 cm³/mol. The van der Waals surface area contributed by atoms with Gasteiger partial charge in [0.05, 0.1) is 17.9 Å². The number of amides is 3. The van der Waals surface area contributed by atoms with E-state index in [2.05, 4.69) is 44.1 Å². The molecule has 0 spiro atoms. The van der Waals surface area contributed by atoms with Crippen LogP contribution in [0.1, 0.15) is 83.8 Å². The average Bonchev–Trinajstić information content (AvgIpc) is 4.01. The highest BCUT2D eigenvalue weighted by atomic mass is 19.1. The van der Waals surface area contributed by atoms with E-state index in [1.165, 1.54) is 22.1 Å². The van der Waals surface area contributed by atoms with Crippen LogP contribution in [0, 0.1) is 5.82 Å². The zero-order chi connectivity index (χ0) is 44.0. The number of rotatable bonds is 10. The molecule has 5 aromatic rings. The quantitative estimate of drug-likeness (QED) is 0.136. The highest BCUT2D eigenvalue weighted by Crippen LogP contribution is 2.39. The van der Waals surface area contributed by atoms with Gasteiger partial charge in [-0.1, -0.05) is 25.1 Å². The molecule has 11 rings (SSSR count). The Bertz CT molecular complexity index is 2850. The number of hydrogen-bond acceptors (Lipinski definition) is 12. The van der Waals surface area contributed by atoms with Gasteiger partial charge in [-0.05, 0) is 91.1 Å². The molecule has 3 amide bonds. The second kappa shape index (κ2) is 15.5. The number of anilines is 3. The first kappa shape index (κ1) is 40.5. The molecule has 0 radical (unpaired) electrons. The van der Waals surface area contributed by atoms with Gasteiger partial charge in [0, 0.05) is 81.8 Å². The normalized spacial score (nSPS) is 22.8. The molecular weight excluding hydrogens is 818 g/mol. The molecule has 2 aromatic carbocycles. The molecule has 6 aliphatic rings. The molecule has 2 atom stereocenters. The van der Waals surface area contributed by atoms with Crippen LogP contribution in [0.25, 0.3) is 16.9 Å². The summed E-state index contributed by atoms with van der Waals surface area (Å²) in [7, 11) is 0. The number of aryl methyl sites for hydroxylation is 1. The van der Waals surface area contributed by atoms with Gasteiger partial charge in [0.25, 0.3) is 11.5 Å². The number of aromatic nitrogens is 5. The van der Waals surface area contributed by atoms with Gasteiger partial charge in [0.2, 0.25) is 17.8 Å². The van der Waals surface area contributed by atoms with Crippen LogP contribution in [-0.4, -0.2) is 106 Å². The molecule has 3 saturated heterocycles. The number of hydrogen-bond donors (Lipinski definition) is 3. The fraction of sp³-hybridized carbons (Fsp3) is 0.426. The van der Waals surface area contributed by atoms with Gasteiger partial charge < -0.3 is 20.2 Å². The van der Waals surface area contributed by atoms with Crippen molar-refractivity contribution < 1.29 is 23.9 Å². The summed E-state index contributed by atoms with van der Waals surface area (Å²) < 4.78 is 18.7. The van der Waals surface area contributed by atoms with Crippen LogP contribution in [0.4, 0.5) is 21.7 Å². The summed E-state index contributed by atoms with van der Waals surface area (Å²) >= 11 is 0. The Hall–Kier alpha value is -6.30. The topological polar surface area (TPSA) is 174 Å². The van der Waals surface area contributed by atoms with E-state index in [1.807, 2.05) is 30.0 Å². The van der Waals surface area contributed by atoms with Crippen molar-refractivity contribution in [1.82, 2.24) is 44.3 Å². The van der Waals surface area contributed by atoms with Crippen LogP contribution in [-0.2, 0) is 47.8 Å². The molecule has 16 nitrogen and oxygen atoms in total. The fourth-order valence-electron chi connectivity index (χ4n) is 10.8. The Kier molecular flexibility index (Phi) is 9.77. The zero-order valence-electron chi connectivity index (χ0n) is 35.7. The van der Waals surface area contributed by atoms with Crippen molar-refractivity contribution in [2.45, 2.75) is 102 Å². The third-order valence-electron chi connectivity index (χ3n) is 14.5. The number of nitrogens with one attached hydrogen (secondary N) is 2. The maximum Gasteiger partial charge on any atom is 0.278 e. The van der Waals surface area contributed by atoms with Gasteiger partial charge in [-0.25, -0.2) is 23.7 Å². The molecule has 5 aliphatic heterocycles. The first-order valence-electron chi connectivity index (χ1n) is 22.4. The molecule has 17 heteroatoms. The van der Waals surface area contributed by atoms with Crippen molar-refractivity contribution in [1.29, 1.82) is 0 Å². The molecule has 3 N–H and O–H groups in total. The third kappa shape index (κ3) is 6.70. The minimum atomic E-state index is -1.01. The number of aliphatic hydroxyl groups is 1. The Morgan fingerprint density at radius 3 is 2.50 bits per heavy atom. The lowest BCUT2D eigenvalue weighted by Gasteiger charge is -2.49. The number of nitrogens with zero attached hydrogens (tertiary/aromatic N) is 9. The summed E-state index contributed by atoms with van der Waals surface area (Å²) in [6.07, 6.45) is 7.64. The van der Waals surface area contributed by atoms with E-state index < -0.39 is 23.4 Å². The Morgan fingerprint density at radius 1 is 0.922 bits per heavy atom. The van der Waals surface area contributed by atoms with E-state index >= 15 is 4.39 Å². The fourth-order valence-corrected chi connectivity index (χ4v) is 10.8. The summed E-state index contributed by atoms with van der Waals surface area (Å²) in [5.74, 6) is -0.775. The summed E-state index contributed by atoms with van der Waals surface area (Å²) in [5, 5.41) is 17.4. The summed E-state index contributed by atoms with van der Waals surface area (Å²) in [5.41, 5.74) is 5.69. The third-order valence-corrected chi connectivity index (χ3v) is 14.5. The standard InChI is InChI=1S/C47H50FN11O5/c1-3-15-58-45(63)35-21-49-46(53-42(35)59(58)39-9-6-27-11-14-47(64,4-2)41(27)51-39)50-31-7-5-28-22-55(23-29(28)18-31)32-12-16-54(17-13-32)33-25-56(26-33)38-19-30-24-57(44(62)34(30)20-36(38)48)37-8-10-40(60)52-43(37)61/h3,5-7,9,18-21,32-33,37,64H,1,4,8,10-17,22-26H2,2H3,(H,49,50,53)(H,52,60,61)/t37?,47-/m1/s1. The molecule has 64 heavy (non-hydrogen) atoms. The maximum absolute atomic E-state index is 15.5. The molecule has 3 aromatic heterocycles. The number of piperidine rings is 2. The molecule has 0 saturated carbocycles. The van der Waals surface area contributed by atoms with Crippen molar-refractivity contribution in [3.8, 4) is 5.82 Å². The highest BCUT2D eigenvalue weighted by Gasteiger charge is 2.42. The number of fused-ring (bicyclic) bond motifs is 4. The lowest BCUT2D eigenvalue weighted by molar-refractivity contribution is -0.136. The largest absolute Gasteiger partial charge is 0.384 e. The number of benzene rings is 2. The molecule has 330 valence electrons. The Labute approximate surface area is 368 Å². The Balaban J connectivity index is 0.719. The number of carbonyl (C=O) groups is 3. The van der Waals surface area contributed by atoms with E-state index in [0.29, 0.717) is 77.8 Å². The van der Waals surface area contributed by atoms with Crippen LogP contribution in [0.5, 0.6) is 0 Å². The van der Waals surface area contributed by atoms with Crippen molar-refractivity contribution in [2.24, 2.45) is 0 Å². The van der Waals surface area contributed by atoms with E-state index in [-0.39, 0.29) is 48.9 Å². The number of imide groups is 1. The van der Waals surface area contributed by atoms with Gasteiger partial charge >= 0.3 is 0 Å².